The van der Waals surface area contributed by atoms with Gasteiger partial charge in [0.15, 0.2) is 0 Å². The summed E-state index contributed by atoms with van der Waals surface area (Å²) in [5.74, 6) is -1.17. The third-order valence-corrected chi connectivity index (χ3v) is 2.02. The molecule has 1 amide bonds. The van der Waals surface area contributed by atoms with Crippen LogP contribution in [0, 0.1) is 5.92 Å². The van der Waals surface area contributed by atoms with Gasteiger partial charge in [0.05, 0.1) is 7.11 Å². The quantitative estimate of drug-likeness (QED) is 0.731. The van der Waals surface area contributed by atoms with Crippen LogP contribution in [-0.4, -0.2) is 30.7 Å². The van der Waals surface area contributed by atoms with Gasteiger partial charge in [-0.2, -0.15) is 0 Å². The van der Waals surface area contributed by atoms with Gasteiger partial charge < -0.3 is 10.1 Å². The fourth-order valence-corrected chi connectivity index (χ4v) is 1.16. The highest BCUT2D eigenvalue weighted by atomic mass is 19.1. The van der Waals surface area contributed by atoms with Crippen molar-refractivity contribution in [3.63, 3.8) is 0 Å². The standard InChI is InChI=1S/C11H20FNO3/c1-7(2)9(14)13-8(10(15)16-5)6-11(3,4)12/h7-8H,6H2,1-5H3,(H,13,14). The van der Waals surface area contributed by atoms with Crippen LogP contribution >= 0.6 is 0 Å². The zero-order valence-corrected chi connectivity index (χ0v) is 10.5. The maximum Gasteiger partial charge on any atom is 0.328 e. The van der Waals surface area contributed by atoms with Gasteiger partial charge in [0, 0.05) is 12.3 Å². The second kappa shape index (κ2) is 5.82. The first-order valence-corrected chi connectivity index (χ1v) is 5.24. The SMILES string of the molecule is COC(=O)C(CC(C)(C)F)NC(=O)C(C)C. The van der Waals surface area contributed by atoms with Gasteiger partial charge >= 0.3 is 5.97 Å². The Hall–Kier alpha value is -1.13. The van der Waals surface area contributed by atoms with Gasteiger partial charge in [-0.25, -0.2) is 9.18 Å². The minimum absolute atomic E-state index is 0.0991. The zero-order chi connectivity index (χ0) is 12.9. The molecule has 5 heteroatoms. The highest BCUT2D eigenvalue weighted by Gasteiger charge is 2.30. The van der Waals surface area contributed by atoms with Crippen LogP contribution in [-0.2, 0) is 14.3 Å². The van der Waals surface area contributed by atoms with Crippen LogP contribution in [0.15, 0.2) is 0 Å². The molecule has 0 fully saturated rings. The number of methoxy groups -OCH3 is 1. The fourth-order valence-electron chi connectivity index (χ4n) is 1.16. The Morgan fingerprint density at radius 2 is 1.88 bits per heavy atom. The molecular formula is C11H20FNO3. The summed E-state index contributed by atoms with van der Waals surface area (Å²) in [7, 11) is 1.21. The first kappa shape index (κ1) is 14.9. The van der Waals surface area contributed by atoms with Crippen molar-refractivity contribution in [2.45, 2.75) is 45.8 Å². The summed E-state index contributed by atoms with van der Waals surface area (Å²) in [6.45, 7) is 6.10. The van der Waals surface area contributed by atoms with E-state index in [1.54, 1.807) is 13.8 Å². The van der Waals surface area contributed by atoms with Crippen LogP contribution in [0.1, 0.15) is 34.1 Å². The van der Waals surface area contributed by atoms with E-state index in [0.29, 0.717) is 0 Å². The topological polar surface area (TPSA) is 55.4 Å². The third-order valence-electron chi connectivity index (χ3n) is 2.02. The van der Waals surface area contributed by atoms with Gasteiger partial charge in [0.2, 0.25) is 5.91 Å². The van der Waals surface area contributed by atoms with Gasteiger partial charge in [-0.1, -0.05) is 13.8 Å². The predicted octanol–water partition coefficient (Wildman–Crippen LogP) is 1.44. The number of ether oxygens (including phenoxy) is 1. The van der Waals surface area contributed by atoms with E-state index in [1.807, 2.05) is 0 Å². The molecule has 0 spiro atoms. The number of hydrogen-bond acceptors (Lipinski definition) is 3. The largest absolute Gasteiger partial charge is 0.467 e. The van der Waals surface area contributed by atoms with E-state index in [1.165, 1.54) is 21.0 Å². The van der Waals surface area contributed by atoms with Crippen LogP contribution in [0.2, 0.25) is 0 Å². The van der Waals surface area contributed by atoms with Gasteiger partial charge in [-0.05, 0) is 13.8 Å². The number of nitrogens with one attached hydrogen (secondary N) is 1. The van der Waals surface area contributed by atoms with E-state index in [-0.39, 0.29) is 18.2 Å². The highest BCUT2D eigenvalue weighted by Crippen LogP contribution is 2.17. The number of carbonyl (C=O) groups excluding carboxylic acids is 2. The van der Waals surface area contributed by atoms with Crippen LogP contribution in [0.5, 0.6) is 0 Å². The van der Waals surface area contributed by atoms with Crippen molar-refractivity contribution in [3.8, 4) is 0 Å². The van der Waals surface area contributed by atoms with Crippen molar-refractivity contribution < 1.29 is 18.7 Å². The Balaban J connectivity index is 4.57. The number of hydrogen-bond donors (Lipinski definition) is 1. The van der Waals surface area contributed by atoms with Gasteiger partial charge in [-0.3, -0.25) is 4.79 Å². The molecule has 0 rings (SSSR count). The Morgan fingerprint density at radius 3 is 2.19 bits per heavy atom. The Morgan fingerprint density at radius 1 is 1.38 bits per heavy atom. The highest BCUT2D eigenvalue weighted by molar-refractivity contribution is 5.85. The lowest BCUT2D eigenvalue weighted by molar-refractivity contribution is -0.146. The average molecular weight is 233 g/mol. The lowest BCUT2D eigenvalue weighted by Gasteiger charge is -2.22. The van der Waals surface area contributed by atoms with E-state index in [4.69, 9.17) is 0 Å². The molecule has 0 aromatic carbocycles. The van der Waals surface area contributed by atoms with E-state index >= 15 is 0 Å². The lowest BCUT2D eigenvalue weighted by atomic mass is 10.0. The van der Waals surface area contributed by atoms with Crippen molar-refractivity contribution in [1.29, 1.82) is 0 Å². The number of rotatable bonds is 5. The molecule has 0 aromatic heterocycles. The van der Waals surface area contributed by atoms with Gasteiger partial charge in [0.25, 0.3) is 0 Å². The Kier molecular flexibility index (Phi) is 5.41. The third kappa shape index (κ3) is 5.68. The van der Waals surface area contributed by atoms with E-state index in [9.17, 15) is 14.0 Å². The van der Waals surface area contributed by atoms with E-state index in [0.717, 1.165) is 0 Å². The molecule has 0 radical (unpaired) electrons. The monoisotopic (exact) mass is 233 g/mol. The van der Waals surface area contributed by atoms with Crippen LogP contribution in [0.25, 0.3) is 0 Å². The molecule has 0 aromatic rings. The van der Waals surface area contributed by atoms with Crippen LogP contribution in [0.4, 0.5) is 4.39 Å². The zero-order valence-electron chi connectivity index (χ0n) is 10.5. The second-order valence-electron chi connectivity index (χ2n) is 4.66. The second-order valence-corrected chi connectivity index (χ2v) is 4.66. The molecule has 1 unspecified atom stereocenters. The predicted molar refractivity (Wildman–Crippen MR) is 58.6 cm³/mol. The summed E-state index contributed by atoms with van der Waals surface area (Å²) in [4.78, 5) is 22.8. The summed E-state index contributed by atoms with van der Waals surface area (Å²) >= 11 is 0. The molecule has 94 valence electrons. The van der Waals surface area contributed by atoms with Crippen LogP contribution < -0.4 is 5.32 Å². The van der Waals surface area contributed by atoms with Crippen molar-refractivity contribution in [3.05, 3.63) is 0 Å². The molecule has 1 atom stereocenters. The minimum atomic E-state index is -1.54. The van der Waals surface area contributed by atoms with E-state index < -0.39 is 17.7 Å². The molecule has 0 aliphatic carbocycles. The van der Waals surface area contributed by atoms with Gasteiger partial charge in [-0.15, -0.1) is 0 Å². The molecule has 0 saturated carbocycles. The number of esters is 1. The molecule has 0 bridgehead atoms. The smallest absolute Gasteiger partial charge is 0.328 e. The summed E-state index contributed by atoms with van der Waals surface area (Å²) in [5.41, 5.74) is -1.54. The molecule has 4 nitrogen and oxygen atoms in total. The number of alkyl halides is 1. The van der Waals surface area contributed by atoms with Crippen molar-refractivity contribution in [2.24, 2.45) is 5.92 Å². The average Bonchev–Trinajstić information content (AvgIpc) is 2.13. The molecule has 16 heavy (non-hydrogen) atoms. The van der Waals surface area contributed by atoms with Crippen molar-refractivity contribution in [2.75, 3.05) is 7.11 Å². The Bertz CT molecular complexity index is 258. The molecule has 0 aliphatic rings. The summed E-state index contributed by atoms with van der Waals surface area (Å²) < 4.78 is 17.9. The molecular weight excluding hydrogens is 213 g/mol. The summed E-state index contributed by atoms with van der Waals surface area (Å²) in [5, 5.41) is 2.47. The van der Waals surface area contributed by atoms with Crippen molar-refractivity contribution in [1.82, 2.24) is 5.32 Å². The van der Waals surface area contributed by atoms with Crippen LogP contribution in [0.3, 0.4) is 0 Å². The minimum Gasteiger partial charge on any atom is -0.467 e. The maximum absolute atomic E-state index is 13.4. The number of halogens is 1. The molecule has 0 aliphatic heterocycles. The first-order valence-electron chi connectivity index (χ1n) is 5.24. The van der Waals surface area contributed by atoms with Crippen molar-refractivity contribution >= 4 is 11.9 Å². The molecule has 0 heterocycles. The first-order chi connectivity index (χ1) is 7.17. The maximum atomic E-state index is 13.4. The number of carbonyl (C=O) groups is 2. The number of amides is 1. The molecule has 1 N–H and O–H groups in total. The lowest BCUT2D eigenvalue weighted by Crippen LogP contribution is -2.46. The van der Waals surface area contributed by atoms with Gasteiger partial charge in [0.1, 0.15) is 11.7 Å². The summed E-state index contributed by atoms with van der Waals surface area (Å²) in [6.07, 6.45) is -0.0991. The summed E-state index contributed by atoms with van der Waals surface area (Å²) in [6, 6.07) is -0.931. The normalized spacial score (nSPS) is 13.4. The Labute approximate surface area is 95.5 Å². The fraction of sp³-hybridized carbons (Fsp3) is 0.818. The molecule has 0 saturated heterocycles. The van der Waals surface area contributed by atoms with E-state index in [2.05, 4.69) is 10.1 Å².